The van der Waals surface area contributed by atoms with Gasteiger partial charge in [-0.15, -0.1) is 0 Å². The number of rotatable bonds is 11. The van der Waals surface area contributed by atoms with Crippen LogP contribution >= 0.6 is 0 Å². The number of carboxylic acid groups (broad SMARTS) is 1. The molecule has 0 aliphatic carbocycles. The van der Waals surface area contributed by atoms with Gasteiger partial charge in [-0.2, -0.15) is 0 Å². The first kappa shape index (κ1) is 26.1. The summed E-state index contributed by atoms with van der Waals surface area (Å²) in [5.74, 6) is -1.79. The van der Waals surface area contributed by atoms with E-state index in [0.717, 1.165) is 28.7 Å². The van der Waals surface area contributed by atoms with Gasteiger partial charge in [0.25, 0.3) is 0 Å². The lowest BCUT2D eigenvalue weighted by molar-refractivity contribution is -0.137. The van der Waals surface area contributed by atoms with Crippen LogP contribution in [-0.2, 0) is 16.0 Å². The summed E-state index contributed by atoms with van der Waals surface area (Å²) in [5.41, 5.74) is 4.57. The van der Waals surface area contributed by atoms with Crippen LogP contribution in [0, 0.1) is 25.6 Å². The zero-order chi connectivity index (χ0) is 24.7. The summed E-state index contributed by atoms with van der Waals surface area (Å²) in [7, 11) is 0. The predicted molar refractivity (Wildman–Crippen MR) is 130 cm³/mol. The van der Waals surface area contributed by atoms with Gasteiger partial charge >= 0.3 is 5.97 Å². The lowest BCUT2D eigenvalue weighted by Crippen LogP contribution is -2.44. The molecule has 0 saturated carbocycles. The van der Waals surface area contributed by atoms with Gasteiger partial charge in [0.15, 0.2) is 0 Å². The van der Waals surface area contributed by atoms with E-state index in [-0.39, 0.29) is 17.4 Å². The van der Waals surface area contributed by atoms with Crippen LogP contribution < -0.4 is 10.6 Å². The third-order valence-corrected chi connectivity index (χ3v) is 5.72. The minimum atomic E-state index is -1.12. The predicted octanol–water partition coefficient (Wildman–Crippen LogP) is 5.45. The molecule has 2 rings (SSSR count). The molecule has 1 unspecified atom stereocenters. The summed E-state index contributed by atoms with van der Waals surface area (Å²) < 4.78 is 15.3. The Morgan fingerprint density at radius 1 is 1.18 bits per heavy atom. The number of aliphatic carboxylic acids is 1. The van der Waals surface area contributed by atoms with E-state index in [0.29, 0.717) is 12.0 Å². The van der Waals surface area contributed by atoms with E-state index in [9.17, 15) is 14.7 Å². The molecule has 2 atom stereocenters. The van der Waals surface area contributed by atoms with Gasteiger partial charge in [0, 0.05) is 5.56 Å². The minimum absolute atomic E-state index is 0.174. The minimum Gasteiger partial charge on any atom is -0.481 e. The molecule has 33 heavy (non-hydrogen) atoms. The van der Waals surface area contributed by atoms with Gasteiger partial charge in [-0.25, -0.2) is 4.39 Å². The molecule has 3 N–H and O–H groups in total. The van der Waals surface area contributed by atoms with E-state index in [4.69, 9.17) is 0 Å². The molecular weight excluding hydrogens is 419 g/mol. The Kier molecular flexibility index (Phi) is 9.21. The fraction of sp³-hybridized carbons (Fsp3) is 0.407. The van der Waals surface area contributed by atoms with E-state index < -0.39 is 30.3 Å². The Labute approximate surface area is 196 Å². The maximum Gasteiger partial charge on any atom is 0.305 e. The van der Waals surface area contributed by atoms with Crippen LogP contribution in [0.1, 0.15) is 61.9 Å². The van der Waals surface area contributed by atoms with Gasteiger partial charge in [0.05, 0.1) is 12.5 Å². The van der Waals surface area contributed by atoms with Crippen molar-refractivity contribution in [3.63, 3.8) is 0 Å². The second-order valence-electron chi connectivity index (χ2n) is 8.87. The third-order valence-electron chi connectivity index (χ3n) is 5.72. The monoisotopic (exact) mass is 454 g/mol. The normalized spacial score (nSPS) is 12.8. The van der Waals surface area contributed by atoms with Gasteiger partial charge in [-0.3, -0.25) is 9.59 Å². The molecule has 0 radical (unpaired) electrons. The highest BCUT2D eigenvalue weighted by Gasteiger charge is 2.27. The molecule has 0 aliphatic rings. The molecular formula is C27H35FN2O3. The second-order valence-corrected chi connectivity index (χ2v) is 8.87. The highest BCUT2D eigenvalue weighted by atomic mass is 19.1. The number of benzene rings is 2. The number of hydrogen-bond donors (Lipinski definition) is 3. The number of carboxylic acids is 1. The van der Waals surface area contributed by atoms with Crippen molar-refractivity contribution in [3.8, 4) is 11.1 Å². The number of carbonyl (C=O) groups is 2. The molecule has 178 valence electrons. The van der Waals surface area contributed by atoms with Gasteiger partial charge < -0.3 is 15.7 Å². The number of nitrogens with one attached hydrogen (secondary N) is 2. The van der Waals surface area contributed by atoms with Crippen LogP contribution in [0.25, 0.3) is 11.1 Å². The first-order chi connectivity index (χ1) is 15.6. The average molecular weight is 455 g/mol. The summed E-state index contributed by atoms with van der Waals surface area (Å²) in [6, 6.07) is 7.88. The first-order valence-corrected chi connectivity index (χ1v) is 11.4. The molecule has 0 bridgehead atoms. The van der Waals surface area contributed by atoms with Crippen molar-refractivity contribution in [1.82, 2.24) is 10.6 Å². The smallest absolute Gasteiger partial charge is 0.305 e. The summed E-state index contributed by atoms with van der Waals surface area (Å²) in [5, 5.41) is 15.2. The second kappa shape index (κ2) is 11.6. The zero-order valence-electron chi connectivity index (χ0n) is 20.2. The Morgan fingerprint density at radius 3 is 2.45 bits per heavy atom. The standard InChI is InChI=1S/C27H35FN2O3/c1-7-19-11-9-10-17(5)25(19)20-13-18(6)26(28)21(14-20)22(15-24(31)32)30-27(33)23(29-8-2)12-16(3)4/h8-11,13-14,16,22-23,29H,2,7,12,15H2,1,3-6H3,(H,30,33)(H,31,32)/t22-,23?/m0/s1. The van der Waals surface area contributed by atoms with E-state index >= 15 is 4.39 Å². The van der Waals surface area contributed by atoms with Gasteiger partial charge in [0.2, 0.25) is 5.91 Å². The molecule has 1 amide bonds. The topological polar surface area (TPSA) is 78.4 Å². The molecule has 6 heteroatoms. The van der Waals surface area contributed by atoms with Crippen LogP contribution in [0.5, 0.6) is 0 Å². The van der Waals surface area contributed by atoms with Gasteiger partial charge in [0.1, 0.15) is 11.9 Å². The summed E-state index contributed by atoms with van der Waals surface area (Å²) in [6.07, 6.45) is 2.35. The van der Waals surface area contributed by atoms with E-state index in [1.165, 1.54) is 6.20 Å². The molecule has 0 aromatic heterocycles. The van der Waals surface area contributed by atoms with Gasteiger partial charge in [-0.05, 0) is 78.8 Å². The van der Waals surface area contributed by atoms with Crippen LogP contribution in [0.3, 0.4) is 0 Å². The molecule has 2 aromatic rings. The lowest BCUT2D eigenvalue weighted by atomic mass is 9.89. The Balaban J connectivity index is 2.56. The van der Waals surface area contributed by atoms with Crippen LogP contribution in [0.4, 0.5) is 4.39 Å². The quantitative estimate of drug-likeness (QED) is 0.422. The van der Waals surface area contributed by atoms with Crippen LogP contribution in [0.2, 0.25) is 0 Å². The molecule has 0 spiro atoms. The highest BCUT2D eigenvalue weighted by molar-refractivity contribution is 5.83. The lowest BCUT2D eigenvalue weighted by Gasteiger charge is -2.25. The van der Waals surface area contributed by atoms with Crippen molar-refractivity contribution in [2.24, 2.45) is 5.92 Å². The van der Waals surface area contributed by atoms with Crippen molar-refractivity contribution in [3.05, 3.63) is 71.2 Å². The molecule has 0 saturated heterocycles. The average Bonchev–Trinajstić information content (AvgIpc) is 2.74. The fourth-order valence-corrected chi connectivity index (χ4v) is 4.18. The number of halogens is 1. The van der Waals surface area contributed by atoms with Crippen molar-refractivity contribution in [1.29, 1.82) is 0 Å². The third kappa shape index (κ3) is 6.67. The largest absolute Gasteiger partial charge is 0.481 e. The number of amides is 1. The number of hydrogen-bond acceptors (Lipinski definition) is 3. The summed E-state index contributed by atoms with van der Waals surface area (Å²) in [4.78, 5) is 24.6. The summed E-state index contributed by atoms with van der Waals surface area (Å²) >= 11 is 0. The number of carbonyl (C=O) groups excluding carboxylic acids is 1. The van der Waals surface area contributed by atoms with Crippen molar-refractivity contribution < 1.29 is 19.1 Å². The molecule has 2 aromatic carbocycles. The Hall–Kier alpha value is -3.15. The Morgan fingerprint density at radius 2 is 1.88 bits per heavy atom. The summed E-state index contributed by atoms with van der Waals surface area (Å²) in [6.45, 7) is 13.3. The fourth-order valence-electron chi connectivity index (χ4n) is 4.18. The van der Waals surface area contributed by atoms with Gasteiger partial charge in [-0.1, -0.05) is 45.5 Å². The van der Waals surface area contributed by atoms with Crippen LogP contribution in [0.15, 0.2) is 43.1 Å². The van der Waals surface area contributed by atoms with Crippen molar-refractivity contribution in [2.45, 2.75) is 66.0 Å². The molecule has 0 fully saturated rings. The van der Waals surface area contributed by atoms with Crippen LogP contribution in [-0.4, -0.2) is 23.0 Å². The van der Waals surface area contributed by atoms with Crippen molar-refractivity contribution >= 4 is 11.9 Å². The maximum atomic E-state index is 15.3. The highest BCUT2D eigenvalue weighted by Crippen LogP contribution is 2.33. The molecule has 0 heterocycles. The van der Waals surface area contributed by atoms with E-state index in [1.54, 1.807) is 19.1 Å². The van der Waals surface area contributed by atoms with E-state index in [2.05, 4.69) is 24.1 Å². The number of aryl methyl sites for hydroxylation is 3. The zero-order valence-corrected chi connectivity index (χ0v) is 20.2. The molecule has 0 aliphatic heterocycles. The SMILES string of the molecule is C=CNC(CC(C)C)C(=O)N[C@@H](CC(=O)O)c1cc(-c2c(C)cccc2CC)cc(C)c1F. The maximum absolute atomic E-state index is 15.3. The first-order valence-electron chi connectivity index (χ1n) is 11.4. The van der Waals surface area contributed by atoms with Crippen molar-refractivity contribution in [2.75, 3.05) is 0 Å². The molecule has 5 nitrogen and oxygen atoms in total. The Bertz CT molecular complexity index is 1020. The van der Waals surface area contributed by atoms with E-state index in [1.807, 2.05) is 39.0 Å².